The Morgan fingerprint density at radius 2 is 1.43 bits per heavy atom. The second kappa shape index (κ2) is 14.0. The molecule has 194 valence electrons. The molecule has 0 aliphatic carbocycles. The molecular weight excluding hydrogens is 460 g/mol. The number of carboxylic acid groups (broad SMARTS) is 2. The van der Waals surface area contributed by atoms with Gasteiger partial charge >= 0.3 is 11.9 Å². The highest BCUT2D eigenvalue weighted by molar-refractivity contribution is 5.94. The van der Waals surface area contributed by atoms with Crippen molar-refractivity contribution in [3.8, 4) is 0 Å². The molecule has 0 bridgehead atoms. The second-order valence-corrected chi connectivity index (χ2v) is 8.58. The minimum Gasteiger partial charge on any atom is -0.481 e. The van der Waals surface area contributed by atoms with Crippen LogP contribution in [0.3, 0.4) is 0 Å². The molecule has 0 spiro atoms. The fraction of sp³-hybridized carbons (Fsp3) is 0.522. The Morgan fingerprint density at radius 3 is 1.91 bits per heavy atom. The summed E-state index contributed by atoms with van der Waals surface area (Å²) in [5.74, 6) is -5.33. The summed E-state index contributed by atoms with van der Waals surface area (Å²) < 4.78 is 0. The van der Waals surface area contributed by atoms with Crippen LogP contribution in [0.25, 0.3) is 0 Å². The Balaban J connectivity index is 3.10. The summed E-state index contributed by atoms with van der Waals surface area (Å²) in [5, 5.41) is 35.1. The number of carboxylic acids is 2. The molecule has 8 N–H and O–H groups in total. The molecule has 1 rings (SSSR count). The van der Waals surface area contributed by atoms with Crippen molar-refractivity contribution in [3.63, 3.8) is 0 Å². The van der Waals surface area contributed by atoms with E-state index < -0.39 is 72.3 Å². The van der Waals surface area contributed by atoms with Crippen LogP contribution in [0.4, 0.5) is 0 Å². The molecule has 0 radical (unpaired) electrons. The van der Waals surface area contributed by atoms with Gasteiger partial charge in [0.05, 0.1) is 6.10 Å². The predicted molar refractivity (Wildman–Crippen MR) is 125 cm³/mol. The van der Waals surface area contributed by atoms with Crippen molar-refractivity contribution in [1.82, 2.24) is 16.0 Å². The number of carbonyl (C=O) groups is 5. The van der Waals surface area contributed by atoms with E-state index >= 15 is 0 Å². The van der Waals surface area contributed by atoms with Gasteiger partial charge in [-0.25, -0.2) is 4.79 Å². The van der Waals surface area contributed by atoms with Gasteiger partial charge in [0.1, 0.15) is 24.2 Å². The number of aliphatic carboxylic acids is 2. The fourth-order valence-corrected chi connectivity index (χ4v) is 3.12. The minimum absolute atomic E-state index is 0.00956. The summed E-state index contributed by atoms with van der Waals surface area (Å²) in [4.78, 5) is 60.7. The van der Waals surface area contributed by atoms with E-state index in [1.165, 1.54) is 6.92 Å². The van der Waals surface area contributed by atoms with E-state index in [0.717, 1.165) is 0 Å². The molecule has 12 heteroatoms. The average molecular weight is 495 g/mol. The Hall–Kier alpha value is -3.51. The third-order valence-electron chi connectivity index (χ3n) is 5.25. The molecule has 3 amide bonds. The van der Waals surface area contributed by atoms with Gasteiger partial charge in [-0.1, -0.05) is 44.2 Å². The first-order chi connectivity index (χ1) is 16.3. The lowest BCUT2D eigenvalue weighted by Gasteiger charge is -2.27. The smallest absolute Gasteiger partial charge is 0.326 e. The van der Waals surface area contributed by atoms with Crippen molar-refractivity contribution in [3.05, 3.63) is 35.9 Å². The molecule has 12 nitrogen and oxygen atoms in total. The second-order valence-electron chi connectivity index (χ2n) is 8.58. The molecule has 0 aliphatic rings. The lowest BCUT2D eigenvalue weighted by Crippen LogP contribution is -2.59. The number of hydrogen-bond acceptors (Lipinski definition) is 7. The van der Waals surface area contributed by atoms with Crippen molar-refractivity contribution in [2.24, 2.45) is 11.7 Å². The van der Waals surface area contributed by atoms with Crippen LogP contribution in [0.15, 0.2) is 30.3 Å². The van der Waals surface area contributed by atoms with E-state index in [1.54, 1.807) is 44.2 Å². The molecule has 0 saturated heterocycles. The first-order valence-electron chi connectivity index (χ1n) is 11.2. The maximum Gasteiger partial charge on any atom is 0.326 e. The molecule has 0 saturated carbocycles. The largest absolute Gasteiger partial charge is 0.481 e. The minimum atomic E-state index is -1.47. The summed E-state index contributed by atoms with van der Waals surface area (Å²) in [6.45, 7) is 4.66. The molecule has 5 atom stereocenters. The van der Waals surface area contributed by atoms with Crippen LogP contribution in [-0.2, 0) is 30.4 Å². The number of aliphatic hydroxyl groups excluding tert-OH is 1. The number of nitrogens with two attached hydrogens (primary N) is 1. The standard InChI is InChI=1S/C23H34N4O8/c1-12(2)19(27-21(32)18(24)13(3)28)22(33)26-16(11-14-7-5-4-6-8-14)20(31)25-15(23(34)35)9-10-17(29)30/h4-8,12-13,15-16,18-19,28H,9-11,24H2,1-3H3,(H,25,31)(H,26,33)(H,27,32)(H,29,30)(H,34,35). The quantitative estimate of drug-likeness (QED) is 0.169. The zero-order chi connectivity index (χ0) is 26.7. The van der Waals surface area contributed by atoms with Crippen LogP contribution < -0.4 is 21.7 Å². The van der Waals surface area contributed by atoms with Crippen molar-refractivity contribution in [2.45, 2.75) is 70.3 Å². The van der Waals surface area contributed by atoms with Gasteiger partial charge in [-0.2, -0.15) is 0 Å². The van der Waals surface area contributed by atoms with Gasteiger partial charge in [0, 0.05) is 12.8 Å². The molecule has 0 aliphatic heterocycles. The number of amides is 3. The van der Waals surface area contributed by atoms with E-state index in [0.29, 0.717) is 5.56 Å². The summed E-state index contributed by atoms with van der Waals surface area (Å²) in [6, 6.07) is 3.60. The third kappa shape index (κ3) is 10.1. The molecule has 0 aromatic heterocycles. The number of nitrogens with one attached hydrogen (secondary N) is 3. The maximum atomic E-state index is 13.0. The first kappa shape index (κ1) is 29.5. The van der Waals surface area contributed by atoms with Crippen LogP contribution in [0.5, 0.6) is 0 Å². The Morgan fingerprint density at radius 1 is 0.857 bits per heavy atom. The summed E-state index contributed by atoms with van der Waals surface area (Å²) in [5.41, 5.74) is 6.31. The Bertz CT molecular complexity index is 891. The highest BCUT2D eigenvalue weighted by Crippen LogP contribution is 2.08. The highest BCUT2D eigenvalue weighted by atomic mass is 16.4. The SMILES string of the molecule is CC(C)C(NC(=O)C(N)C(C)O)C(=O)NC(Cc1ccccc1)C(=O)NC(CCC(=O)O)C(=O)O. The molecule has 35 heavy (non-hydrogen) atoms. The molecule has 1 aromatic rings. The fourth-order valence-electron chi connectivity index (χ4n) is 3.12. The van der Waals surface area contributed by atoms with Crippen molar-refractivity contribution in [2.75, 3.05) is 0 Å². The van der Waals surface area contributed by atoms with Gasteiger partial charge in [-0.05, 0) is 24.8 Å². The van der Waals surface area contributed by atoms with Gasteiger partial charge in [-0.15, -0.1) is 0 Å². The number of hydrogen-bond donors (Lipinski definition) is 7. The lowest BCUT2D eigenvalue weighted by molar-refractivity contribution is -0.143. The van der Waals surface area contributed by atoms with E-state index in [9.17, 15) is 34.2 Å². The molecule has 0 heterocycles. The molecule has 5 unspecified atom stereocenters. The van der Waals surface area contributed by atoms with Gasteiger partial charge in [0.25, 0.3) is 0 Å². The van der Waals surface area contributed by atoms with E-state index in [2.05, 4.69) is 16.0 Å². The van der Waals surface area contributed by atoms with Gasteiger partial charge in [0.15, 0.2) is 0 Å². The van der Waals surface area contributed by atoms with Crippen molar-refractivity contribution >= 4 is 29.7 Å². The van der Waals surface area contributed by atoms with Gasteiger partial charge in [-0.3, -0.25) is 19.2 Å². The van der Waals surface area contributed by atoms with E-state index in [-0.39, 0.29) is 12.8 Å². The summed E-state index contributed by atoms with van der Waals surface area (Å²) >= 11 is 0. The summed E-state index contributed by atoms with van der Waals surface area (Å²) in [6.07, 6.45) is -1.96. The molecular formula is C23H34N4O8. The third-order valence-corrected chi connectivity index (χ3v) is 5.25. The Labute approximate surface area is 203 Å². The predicted octanol–water partition coefficient (Wildman–Crippen LogP) is -1.00. The molecule has 0 fully saturated rings. The number of carbonyl (C=O) groups excluding carboxylic acids is 3. The number of aliphatic hydroxyl groups is 1. The van der Waals surface area contributed by atoms with Crippen LogP contribution in [-0.4, -0.2) is 75.3 Å². The Kier molecular flexibility index (Phi) is 11.8. The van der Waals surface area contributed by atoms with Crippen LogP contribution in [0, 0.1) is 5.92 Å². The van der Waals surface area contributed by atoms with E-state index in [4.69, 9.17) is 10.8 Å². The van der Waals surface area contributed by atoms with Crippen molar-refractivity contribution < 1.29 is 39.3 Å². The highest BCUT2D eigenvalue weighted by Gasteiger charge is 2.32. The zero-order valence-electron chi connectivity index (χ0n) is 19.9. The monoisotopic (exact) mass is 494 g/mol. The number of benzene rings is 1. The van der Waals surface area contributed by atoms with Crippen molar-refractivity contribution in [1.29, 1.82) is 0 Å². The van der Waals surface area contributed by atoms with Crippen LogP contribution in [0.1, 0.15) is 39.2 Å². The van der Waals surface area contributed by atoms with Crippen LogP contribution in [0.2, 0.25) is 0 Å². The van der Waals surface area contributed by atoms with Gasteiger partial charge in [0.2, 0.25) is 17.7 Å². The average Bonchev–Trinajstić information content (AvgIpc) is 2.78. The first-order valence-corrected chi connectivity index (χ1v) is 11.2. The van der Waals surface area contributed by atoms with Gasteiger partial charge < -0.3 is 37.0 Å². The zero-order valence-corrected chi connectivity index (χ0v) is 19.9. The number of rotatable bonds is 14. The normalized spacial score (nSPS) is 15.3. The topological polar surface area (TPSA) is 208 Å². The molecule has 1 aromatic carbocycles. The maximum absolute atomic E-state index is 13.0. The lowest BCUT2D eigenvalue weighted by atomic mass is 10.00. The van der Waals surface area contributed by atoms with E-state index in [1.807, 2.05) is 0 Å². The van der Waals surface area contributed by atoms with Crippen LogP contribution >= 0.6 is 0 Å². The summed E-state index contributed by atoms with van der Waals surface area (Å²) in [7, 11) is 0.